The first-order valence-electron chi connectivity index (χ1n) is 6.50. The Morgan fingerprint density at radius 2 is 2.18 bits per heavy atom. The Balaban J connectivity index is 2.14. The first-order chi connectivity index (χ1) is 8.03. The smallest absolute Gasteiger partial charge is 0.00833 e. The Morgan fingerprint density at radius 3 is 2.88 bits per heavy atom. The van der Waals surface area contributed by atoms with Crippen molar-refractivity contribution >= 4 is 24.2 Å². The second-order valence-electron chi connectivity index (χ2n) is 5.90. The van der Waals surface area contributed by atoms with Gasteiger partial charge in [-0.1, -0.05) is 26.7 Å². The Morgan fingerprint density at radius 1 is 1.41 bits per heavy atom. The van der Waals surface area contributed by atoms with Gasteiger partial charge < -0.3 is 0 Å². The molecule has 1 aliphatic carbocycles. The van der Waals surface area contributed by atoms with Crippen molar-refractivity contribution in [1.29, 1.82) is 0 Å². The predicted octanol–water partition coefficient (Wildman–Crippen LogP) is 3.94. The van der Waals surface area contributed by atoms with E-state index in [0.29, 0.717) is 5.41 Å². The van der Waals surface area contributed by atoms with Crippen LogP contribution in [0.15, 0.2) is 0 Å². The molecule has 0 fully saturated rings. The van der Waals surface area contributed by atoms with Gasteiger partial charge in [0.2, 0.25) is 0 Å². The minimum Gasteiger partial charge on any atom is -0.267 e. The molecule has 0 amide bonds. The van der Waals surface area contributed by atoms with Crippen molar-refractivity contribution in [2.24, 2.45) is 5.41 Å². The summed E-state index contributed by atoms with van der Waals surface area (Å²) in [5.41, 5.74) is 3.75. The standard InChI is InChI=1S/C14H23NS2/c1-10-11-9-14(2,3)7-6-13(11)17-12(10)5-4-8-15-16/h15-16H,4-9H2,1-3H3. The second-order valence-corrected chi connectivity index (χ2v) is 7.41. The van der Waals surface area contributed by atoms with Crippen LogP contribution in [-0.4, -0.2) is 6.54 Å². The number of fused-ring (bicyclic) bond motifs is 1. The Bertz CT molecular complexity index is 393. The van der Waals surface area contributed by atoms with E-state index in [1.165, 1.54) is 32.1 Å². The zero-order valence-electron chi connectivity index (χ0n) is 11.1. The largest absolute Gasteiger partial charge is 0.267 e. The maximum Gasteiger partial charge on any atom is 0.00833 e. The van der Waals surface area contributed by atoms with Crippen LogP contribution in [0.1, 0.15) is 47.6 Å². The van der Waals surface area contributed by atoms with Crippen LogP contribution in [0, 0.1) is 12.3 Å². The Kier molecular flexibility index (Phi) is 4.22. The normalized spacial score (nSPS) is 18.1. The molecule has 17 heavy (non-hydrogen) atoms. The van der Waals surface area contributed by atoms with E-state index in [2.05, 4.69) is 49.6 Å². The predicted molar refractivity (Wildman–Crippen MR) is 80.2 cm³/mol. The van der Waals surface area contributed by atoms with Crippen LogP contribution in [0.2, 0.25) is 0 Å². The lowest BCUT2D eigenvalue weighted by Gasteiger charge is -2.29. The molecule has 0 aromatic carbocycles. The highest BCUT2D eigenvalue weighted by molar-refractivity contribution is 7.78. The first kappa shape index (κ1) is 13.4. The van der Waals surface area contributed by atoms with E-state index in [0.717, 1.165) is 6.54 Å². The number of nitrogens with one attached hydrogen (secondary N) is 1. The molecule has 1 nitrogen and oxygen atoms in total. The molecule has 1 aromatic heterocycles. The van der Waals surface area contributed by atoms with Gasteiger partial charge in [0.1, 0.15) is 0 Å². The first-order valence-corrected chi connectivity index (χ1v) is 7.77. The fraction of sp³-hybridized carbons (Fsp3) is 0.714. The van der Waals surface area contributed by atoms with Crippen molar-refractivity contribution in [3.05, 3.63) is 20.9 Å². The minimum atomic E-state index is 0.503. The third kappa shape index (κ3) is 3.07. The molecular formula is C14H23NS2. The molecule has 96 valence electrons. The van der Waals surface area contributed by atoms with Gasteiger partial charge in [-0.3, -0.25) is 4.72 Å². The summed E-state index contributed by atoms with van der Waals surface area (Å²) in [6.07, 6.45) is 6.30. The summed E-state index contributed by atoms with van der Waals surface area (Å²) in [6.45, 7) is 8.12. The average Bonchev–Trinajstić information content (AvgIpc) is 2.56. The molecule has 0 unspecified atom stereocenters. The molecule has 0 atom stereocenters. The second kappa shape index (κ2) is 5.33. The third-order valence-corrected chi connectivity index (χ3v) is 5.51. The van der Waals surface area contributed by atoms with Gasteiger partial charge >= 0.3 is 0 Å². The lowest BCUT2D eigenvalue weighted by molar-refractivity contribution is 0.317. The van der Waals surface area contributed by atoms with Crippen molar-refractivity contribution in [2.45, 2.75) is 52.9 Å². The van der Waals surface area contributed by atoms with Crippen LogP contribution in [-0.2, 0) is 19.3 Å². The van der Waals surface area contributed by atoms with Gasteiger partial charge in [0, 0.05) is 16.3 Å². The highest BCUT2D eigenvalue weighted by Crippen LogP contribution is 2.41. The molecule has 0 saturated heterocycles. The van der Waals surface area contributed by atoms with Crippen LogP contribution in [0.25, 0.3) is 0 Å². The molecule has 0 saturated carbocycles. The van der Waals surface area contributed by atoms with E-state index in [1.54, 1.807) is 20.9 Å². The van der Waals surface area contributed by atoms with Crippen molar-refractivity contribution < 1.29 is 0 Å². The molecule has 1 heterocycles. The van der Waals surface area contributed by atoms with Gasteiger partial charge in [-0.25, -0.2) is 0 Å². The van der Waals surface area contributed by atoms with Gasteiger partial charge in [-0.2, -0.15) is 0 Å². The molecule has 0 radical (unpaired) electrons. The summed E-state index contributed by atoms with van der Waals surface area (Å²) in [6, 6.07) is 0. The highest BCUT2D eigenvalue weighted by atomic mass is 32.1. The van der Waals surface area contributed by atoms with Crippen LogP contribution in [0.4, 0.5) is 0 Å². The van der Waals surface area contributed by atoms with E-state index < -0.39 is 0 Å². The maximum atomic E-state index is 4.04. The topological polar surface area (TPSA) is 12.0 Å². The summed E-state index contributed by atoms with van der Waals surface area (Å²) >= 11 is 6.10. The van der Waals surface area contributed by atoms with Crippen molar-refractivity contribution in [2.75, 3.05) is 6.54 Å². The summed E-state index contributed by atoms with van der Waals surface area (Å²) < 4.78 is 2.93. The highest BCUT2D eigenvalue weighted by Gasteiger charge is 2.28. The van der Waals surface area contributed by atoms with Gasteiger partial charge in [-0.15, -0.1) is 11.3 Å². The molecule has 0 spiro atoms. The van der Waals surface area contributed by atoms with E-state index in [9.17, 15) is 0 Å². The number of rotatable bonds is 4. The number of hydrogen-bond acceptors (Lipinski definition) is 3. The van der Waals surface area contributed by atoms with Crippen molar-refractivity contribution in [3.63, 3.8) is 0 Å². The van der Waals surface area contributed by atoms with Crippen LogP contribution in [0.5, 0.6) is 0 Å². The molecule has 2 rings (SSSR count). The lowest BCUT2D eigenvalue weighted by atomic mass is 9.76. The molecule has 1 aliphatic rings. The van der Waals surface area contributed by atoms with E-state index in [-0.39, 0.29) is 0 Å². The van der Waals surface area contributed by atoms with Gasteiger partial charge in [0.05, 0.1) is 0 Å². The maximum absolute atomic E-state index is 4.04. The summed E-state index contributed by atoms with van der Waals surface area (Å²) in [7, 11) is 0. The monoisotopic (exact) mass is 269 g/mol. The molecule has 1 aromatic rings. The molecule has 1 N–H and O–H groups in total. The quantitative estimate of drug-likeness (QED) is 0.623. The average molecular weight is 269 g/mol. The number of aryl methyl sites for hydroxylation is 2. The molecule has 0 aliphatic heterocycles. The molecule has 0 bridgehead atoms. The van der Waals surface area contributed by atoms with E-state index in [1.807, 2.05) is 0 Å². The van der Waals surface area contributed by atoms with Crippen molar-refractivity contribution in [3.8, 4) is 0 Å². The van der Waals surface area contributed by atoms with Crippen molar-refractivity contribution in [1.82, 2.24) is 4.72 Å². The lowest BCUT2D eigenvalue weighted by Crippen LogP contribution is -2.21. The summed E-state index contributed by atoms with van der Waals surface area (Å²) in [4.78, 5) is 3.27. The number of thiol groups is 1. The van der Waals surface area contributed by atoms with Crippen LogP contribution >= 0.6 is 24.2 Å². The SMILES string of the molecule is Cc1c(CCCNS)sc2c1CC(C)(C)CC2. The summed E-state index contributed by atoms with van der Waals surface area (Å²) in [5.74, 6) is 0. The van der Waals surface area contributed by atoms with Gasteiger partial charge in [-0.05, 0) is 55.6 Å². The fourth-order valence-corrected chi connectivity index (χ4v) is 4.21. The Labute approximate surface area is 115 Å². The van der Waals surface area contributed by atoms with E-state index >= 15 is 0 Å². The Hall–Kier alpha value is 0.0100. The third-order valence-electron chi connectivity index (χ3n) is 3.83. The molecule has 3 heteroatoms. The zero-order valence-corrected chi connectivity index (χ0v) is 12.8. The van der Waals surface area contributed by atoms with Crippen LogP contribution < -0.4 is 4.72 Å². The van der Waals surface area contributed by atoms with Crippen LogP contribution in [0.3, 0.4) is 0 Å². The zero-order chi connectivity index (χ0) is 12.5. The number of hydrogen-bond donors (Lipinski definition) is 2. The molecular weight excluding hydrogens is 246 g/mol. The van der Waals surface area contributed by atoms with Gasteiger partial charge in [0.25, 0.3) is 0 Å². The number of thiophene rings is 1. The fourth-order valence-electron chi connectivity index (χ4n) is 2.68. The minimum absolute atomic E-state index is 0.503. The van der Waals surface area contributed by atoms with Gasteiger partial charge in [0.15, 0.2) is 0 Å². The van der Waals surface area contributed by atoms with E-state index in [4.69, 9.17) is 0 Å². The summed E-state index contributed by atoms with van der Waals surface area (Å²) in [5, 5.41) is 0.